The molecular formula is C20H15NO5S. The number of nitrogens with zero attached hydrogens (tertiary/aromatic N) is 1. The number of allylic oxidation sites excluding steroid dienone is 1. The molecule has 0 spiro atoms. The van der Waals surface area contributed by atoms with E-state index in [0.29, 0.717) is 33.2 Å². The number of ketones is 2. The maximum Gasteiger partial charge on any atom is 0.411 e. The smallest absolute Gasteiger partial charge is 0.411 e. The third kappa shape index (κ3) is 3.10. The summed E-state index contributed by atoms with van der Waals surface area (Å²) in [6, 6.07) is 15.6. The fraction of sp³-hybridized carbons (Fsp3) is 0.150. The number of amides is 1. The number of Topliss-reactive ketones (excluding diaryl/α,β-unsaturated/α-hetero) is 2. The van der Waals surface area contributed by atoms with Crippen molar-refractivity contribution in [3.8, 4) is 0 Å². The van der Waals surface area contributed by atoms with Crippen molar-refractivity contribution in [3.05, 3.63) is 70.6 Å². The van der Waals surface area contributed by atoms with E-state index >= 15 is 0 Å². The molecule has 4 rings (SSSR count). The van der Waals surface area contributed by atoms with E-state index in [9.17, 15) is 19.5 Å². The van der Waals surface area contributed by atoms with E-state index in [2.05, 4.69) is 0 Å². The number of ether oxygens (including phenoxy) is 1. The summed E-state index contributed by atoms with van der Waals surface area (Å²) in [7, 11) is 0. The highest BCUT2D eigenvalue weighted by atomic mass is 32.2. The number of hydrogen-bond donors (Lipinski definition) is 1. The minimum Gasteiger partial charge on any atom is -0.486 e. The fourth-order valence-corrected chi connectivity index (χ4v) is 4.19. The second-order valence-corrected chi connectivity index (χ2v) is 7.17. The molecule has 1 heterocycles. The van der Waals surface area contributed by atoms with Crippen molar-refractivity contribution < 1.29 is 24.2 Å². The van der Waals surface area contributed by atoms with Gasteiger partial charge in [-0.3, -0.25) is 14.5 Å². The zero-order valence-electron chi connectivity index (χ0n) is 14.1. The third-order valence-corrected chi connectivity index (χ3v) is 5.62. The lowest BCUT2D eigenvalue weighted by molar-refractivity contribution is -0.111. The van der Waals surface area contributed by atoms with Crippen LogP contribution in [0.3, 0.4) is 0 Å². The lowest BCUT2D eigenvalue weighted by Gasteiger charge is -2.33. The first-order chi connectivity index (χ1) is 13.1. The molecule has 0 fully saturated rings. The number of benzene rings is 2. The number of para-hydroxylation sites is 1. The van der Waals surface area contributed by atoms with Gasteiger partial charge in [-0.2, -0.15) is 0 Å². The van der Waals surface area contributed by atoms with Crippen molar-refractivity contribution in [1.82, 2.24) is 0 Å². The molecule has 0 saturated heterocycles. The molecule has 6 nitrogen and oxygen atoms in total. The highest BCUT2D eigenvalue weighted by Crippen LogP contribution is 2.40. The second-order valence-electron chi connectivity index (χ2n) is 6.14. The van der Waals surface area contributed by atoms with Crippen molar-refractivity contribution in [2.75, 3.05) is 17.2 Å². The molecule has 1 aliphatic carbocycles. The van der Waals surface area contributed by atoms with Gasteiger partial charge in [-0.1, -0.05) is 42.5 Å². The minimum atomic E-state index is -1.08. The molecule has 1 unspecified atom stereocenters. The van der Waals surface area contributed by atoms with Gasteiger partial charge in [-0.05, 0) is 12.1 Å². The first kappa shape index (κ1) is 17.4. The van der Waals surface area contributed by atoms with Gasteiger partial charge >= 0.3 is 6.09 Å². The summed E-state index contributed by atoms with van der Waals surface area (Å²) in [5, 5.41) is 9.58. The Kier molecular flexibility index (Phi) is 4.45. The van der Waals surface area contributed by atoms with Crippen molar-refractivity contribution in [2.24, 2.45) is 0 Å². The molecule has 136 valence electrons. The third-order valence-electron chi connectivity index (χ3n) is 4.42. The van der Waals surface area contributed by atoms with Crippen LogP contribution in [-0.2, 0) is 9.53 Å². The molecule has 0 bridgehead atoms. The Bertz CT molecular complexity index is 969. The number of carbonyl (C=O) groups excluding carboxylic acids is 2. The van der Waals surface area contributed by atoms with Crippen LogP contribution in [0.25, 0.3) is 5.76 Å². The maximum atomic E-state index is 12.4. The van der Waals surface area contributed by atoms with Crippen molar-refractivity contribution in [1.29, 1.82) is 0 Å². The zero-order chi connectivity index (χ0) is 19.0. The van der Waals surface area contributed by atoms with Crippen LogP contribution >= 0.6 is 11.8 Å². The molecule has 1 amide bonds. The van der Waals surface area contributed by atoms with Crippen molar-refractivity contribution >= 4 is 40.9 Å². The van der Waals surface area contributed by atoms with Crippen molar-refractivity contribution in [2.45, 2.75) is 6.10 Å². The van der Waals surface area contributed by atoms with Crippen LogP contribution < -0.4 is 4.90 Å². The van der Waals surface area contributed by atoms with Crippen LogP contribution in [0.15, 0.2) is 59.5 Å². The van der Waals surface area contributed by atoms with Crippen LogP contribution in [-0.4, -0.2) is 41.2 Å². The van der Waals surface area contributed by atoms with Crippen LogP contribution in [0.2, 0.25) is 0 Å². The first-order valence-electron chi connectivity index (χ1n) is 8.34. The van der Waals surface area contributed by atoms with Crippen molar-refractivity contribution in [3.63, 3.8) is 0 Å². The van der Waals surface area contributed by atoms with Crippen LogP contribution in [0.5, 0.6) is 0 Å². The standard InChI is InChI=1S/C20H15NO5S/c22-16-14-8-4-5-9-15(14)18-19(17(16)23)27-11-13(26-18)10-21(20(24)25)12-6-2-1-3-7-12/h1-9,13H,10-11H2,(H,24,25). The van der Waals surface area contributed by atoms with Gasteiger partial charge in [0.05, 0.1) is 6.54 Å². The Hall–Kier alpha value is -3.06. The SMILES string of the molecule is O=C1C(=O)c2ccccc2C2=C1SCC(CN(C(=O)O)c1ccccc1)O2. The number of carboxylic acid groups (broad SMARTS) is 1. The second kappa shape index (κ2) is 6.92. The van der Waals surface area contributed by atoms with E-state index in [1.54, 1.807) is 48.5 Å². The summed E-state index contributed by atoms with van der Waals surface area (Å²) in [5.41, 5.74) is 1.45. The Labute approximate surface area is 159 Å². The molecule has 2 aromatic carbocycles. The predicted octanol–water partition coefficient (Wildman–Crippen LogP) is 3.44. The maximum absolute atomic E-state index is 12.4. The topological polar surface area (TPSA) is 83.9 Å². The number of rotatable bonds is 3. The molecule has 0 saturated carbocycles. The monoisotopic (exact) mass is 381 g/mol. The average molecular weight is 381 g/mol. The Balaban J connectivity index is 1.63. The molecule has 2 aromatic rings. The summed E-state index contributed by atoms with van der Waals surface area (Å²) in [5.74, 6) is -0.341. The van der Waals surface area contributed by atoms with Gasteiger partial charge in [0.2, 0.25) is 11.6 Å². The zero-order valence-corrected chi connectivity index (χ0v) is 14.9. The molecule has 1 N–H and O–H groups in total. The highest BCUT2D eigenvalue weighted by molar-refractivity contribution is 8.04. The molecular weight excluding hydrogens is 366 g/mol. The molecule has 0 aromatic heterocycles. The average Bonchev–Trinajstić information content (AvgIpc) is 2.70. The Morgan fingerprint density at radius 2 is 1.70 bits per heavy atom. The molecule has 2 aliphatic rings. The number of hydrogen-bond acceptors (Lipinski definition) is 5. The highest BCUT2D eigenvalue weighted by Gasteiger charge is 2.38. The summed E-state index contributed by atoms with van der Waals surface area (Å²) in [6.07, 6.45) is -1.52. The lowest BCUT2D eigenvalue weighted by Crippen LogP contribution is -2.41. The quantitative estimate of drug-likeness (QED) is 0.820. The van der Waals surface area contributed by atoms with Gasteiger partial charge in [0, 0.05) is 22.6 Å². The van der Waals surface area contributed by atoms with Crippen LogP contribution in [0.4, 0.5) is 10.5 Å². The summed E-state index contributed by atoms with van der Waals surface area (Å²) < 4.78 is 6.02. The summed E-state index contributed by atoms with van der Waals surface area (Å²) in [4.78, 5) is 37.9. The molecule has 1 atom stereocenters. The number of thioether (sulfide) groups is 1. The van der Waals surface area contributed by atoms with Gasteiger partial charge in [-0.15, -0.1) is 11.8 Å². The fourth-order valence-electron chi connectivity index (χ4n) is 3.15. The van der Waals surface area contributed by atoms with Crippen LogP contribution in [0.1, 0.15) is 15.9 Å². The minimum absolute atomic E-state index is 0.118. The molecule has 7 heteroatoms. The normalized spacial score (nSPS) is 18.4. The number of fused-ring (bicyclic) bond motifs is 2. The Morgan fingerprint density at radius 3 is 2.41 bits per heavy atom. The van der Waals surface area contributed by atoms with Gasteiger partial charge in [0.15, 0.2) is 0 Å². The van der Waals surface area contributed by atoms with E-state index in [1.165, 1.54) is 16.7 Å². The molecule has 0 radical (unpaired) electrons. The predicted molar refractivity (Wildman–Crippen MR) is 102 cm³/mol. The van der Waals surface area contributed by atoms with E-state index < -0.39 is 23.8 Å². The van der Waals surface area contributed by atoms with E-state index in [4.69, 9.17) is 4.74 Å². The van der Waals surface area contributed by atoms with Gasteiger partial charge in [-0.25, -0.2) is 4.79 Å². The lowest BCUT2D eigenvalue weighted by atomic mass is 9.93. The van der Waals surface area contributed by atoms with E-state index in [0.717, 1.165) is 0 Å². The molecule has 1 aliphatic heterocycles. The van der Waals surface area contributed by atoms with Gasteiger partial charge < -0.3 is 9.84 Å². The van der Waals surface area contributed by atoms with Gasteiger partial charge in [0.25, 0.3) is 0 Å². The summed E-state index contributed by atoms with van der Waals surface area (Å²) in [6.45, 7) is 0.118. The largest absolute Gasteiger partial charge is 0.486 e. The van der Waals surface area contributed by atoms with E-state index in [-0.39, 0.29) is 6.54 Å². The number of carbonyl (C=O) groups is 3. The molecule has 27 heavy (non-hydrogen) atoms. The first-order valence-corrected chi connectivity index (χ1v) is 9.32. The van der Waals surface area contributed by atoms with Crippen LogP contribution in [0, 0.1) is 0 Å². The summed E-state index contributed by atoms with van der Waals surface area (Å²) >= 11 is 1.24. The van der Waals surface area contributed by atoms with E-state index in [1.807, 2.05) is 6.07 Å². The number of anilines is 1. The van der Waals surface area contributed by atoms with Gasteiger partial charge in [0.1, 0.15) is 16.8 Å². The Morgan fingerprint density at radius 1 is 1.04 bits per heavy atom.